The number of ether oxygens (including phenoxy) is 1. The molecule has 90 valence electrons. The van der Waals surface area contributed by atoms with Crippen LogP contribution < -0.4 is 28.5 Å². The van der Waals surface area contributed by atoms with E-state index in [4.69, 9.17) is 4.74 Å². The van der Waals surface area contributed by atoms with Crippen LogP contribution in [0.15, 0.2) is 18.7 Å². The van der Waals surface area contributed by atoms with Crippen LogP contribution in [-0.2, 0) is 11.8 Å². The lowest BCUT2D eigenvalue weighted by molar-refractivity contribution is -0.670. The number of hydrogen-bond acceptors (Lipinski definition) is 2. The summed E-state index contributed by atoms with van der Waals surface area (Å²) in [5.41, 5.74) is 0. The minimum atomic E-state index is 0. The van der Waals surface area contributed by atoms with Crippen LogP contribution in [0.5, 0.6) is 0 Å². The Hall–Kier alpha value is -0.630. The van der Waals surface area contributed by atoms with Crippen molar-refractivity contribution < 1.29 is 38.1 Å². The van der Waals surface area contributed by atoms with E-state index in [9.17, 15) is 4.79 Å². The van der Waals surface area contributed by atoms with Crippen LogP contribution in [0, 0.1) is 0 Å². The van der Waals surface area contributed by atoms with E-state index in [2.05, 4.69) is 0 Å². The lowest BCUT2D eigenvalue weighted by Crippen LogP contribution is -3.00. The highest BCUT2D eigenvalue weighted by Crippen LogP contribution is 2.01. The number of amides is 1. The fourth-order valence-electron chi connectivity index (χ4n) is 1.66. The molecule has 0 radical (unpaired) electrons. The molecular formula is C10H16IN3O2. The average molecular weight is 337 g/mol. The van der Waals surface area contributed by atoms with Crippen LogP contribution in [0.1, 0.15) is 6.42 Å². The summed E-state index contributed by atoms with van der Waals surface area (Å²) < 4.78 is 8.76. The molecule has 0 N–H and O–H groups in total. The van der Waals surface area contributed by atoms with Gasteiger partial charge in [0.05, 0.1) is 13.7 Å². The molecule has 5 nitrogen and oxygen atoms in total. The maximum absolute atomic E-state index is 12.0. The Kier molecular flexibility index (Phi) is 5.20. The molecule has 2 rings (SSSR count). The van der Waals surface area contributed by atoms with E-state index < -0.39 is 0 Å². The predicted octanol–water partition coefficient (Wildman–Crippen LogP) is -2.99. The molecule has 1 aromatic heterocycles. The highest BCUT2D eigenvalue weighted by Gasteiger charge is 2.21. The van der Waals surface area contributed by atoms with Gasteiger partial charge in [0.1, 0.15) is 12.4 Å². The number of aryl methyl sites for hydroxylation is 1. The molecule has 16 heavy (non-hydrogen) atoms. The summed E-state index contributed by atoms with van der Waals surface area (Å²) in [5, 5.41) is 0. The Balaban J connectivity index is 0.00000128. The molecule has 0 spiro atoms. The topological polar surface area (TPSA) is 38.3 Å². The Labute approximate surface area is 112 Å². The molecule has 0 aromatic carbocycles. The van der Waals surface area contributed by atoms with Crippen molar-refractivity contribution in [2.45, 2.75) is 6.42 Å². The van der Waals surface area contributed by atoms with E-state index in [0.29, 0.717) is 13.2 Å². The smallest absolute Gasteiger partial charge is 0.415 e. The third-order valence-electron chi connectivity index (χ3n) is 2.48. The average Bonchev–Trinajstić information content (AvgIpc) is 2.53. The van der Waals surface area contributed by atoms with Gasteiger partial charge in [-0.15, -0.1) is 0 Å². The van der Waals surface area contributed by atoms with Gasteiger partial charge in [-0.1, -0.05) is 0 Å². The zero-order valence-electron chi connectivity index (χ0n) is 9.30. The number of halogens is 1. The Morgan fingerprint density at radius 3 is 2.88 bits per heavy atom. The first-order valence-electron chi connectivity index (χ1n) is 5.17. The van der Waals surface area contributed by atoms with Crippen LogP contribution >= 0.6 is 0 Å². The summed E-state index contributed by atoms with van der Waals surface area (Å²) in [6.07, 6.45) is 6.31. The molecular weight excluding hydrogens is 321 g/mol. The van der Waals surface area contributed by atoms with Gasteiger partial charge in [-0.3, -0.25) is 0 Å². The molecule has 1 aromatic rings. The van der Waals surface area contributed by atoms with Gasteiger partial charge in [0.25, 0.3) is 6.33 Å². The van der Waals surface area contributed by atoms with Crippen molar-refractivity contribution in [3.63, 3.8) is 0 Å². The van der Waals surface area contributed by atoms with E-state index in [1.807, 2.05) is 22.7 Å². The van der Waals surface area contributed by atoms with E-state index in [-0.39, 0.29) is 30.0 Å². The maximum atomic E-state index is 12.0. The lowest BCUT2D eigenvalue weighted by Gasteiger charge is -2.15. The number of imidazole rings is 1. The largest absolute Gasteiger partial charge is 1.00 e. The van der Waals surface area contributed by atoms with Crippen LogP contribution in [-0.4, -0.2) is 41.8 Å². The predicted molar refractivity (Wildman–Crippen MR) is 53.4 cm³/mol. The zero-order chi connectivity index (χ0) is 10.7. The minimum absolute atomic E-state index is 0. The summed E-state index contributed by atoms with van der Waals surface area (Å²) in [4.78, 5) is 13.8. The van der Waals surface area contributed by atoms with E-state index in [1.165, 1.54) is 0 Å². The van der Waals surface area contributed by atoms with Crippen LogP contribution in [0.25, 0.3) is 0 Å². The van der Waals surface area contributed by atoms with Gasteiger partial charge in [-0.25, -0.2) is 9.36 Å². The second kappa shape index (κ2) is 6.19. The molecule has 0 saturated carbocycles. The molecule has 2 heterocycles. The monoisotopic (exact) mass is 337 g/mol. The van der Waals surface area contributed by atoms with E-state index in [0.717, 1.165) is 19.6 Å². The first-order valence-corrected chi connectivity index (χ1v) is 5.17. The highest BCUT2D eigenvalue weighted by atomic mass is 127. The zero-order valence-corrected chi connectivity index (χ0v) is 11.5. The van der Waals surface area contributed by atoms with Crippen molar-refractivity contribution in [2.75, 3.05) is 26.3 Å². The number of nitrogens with zero attached hydrogens (tertiary/aromatic N) is 3. The van der Waals surface area contributed by atoms with Crippen molar-refractivity contribution in [3.05, 3.63) is 18.7 Å². The van der Waals surface area contributed by atoms with Crippen molar-refractivity contribution in [1.82, 2.24) is 9.47 Å². The Bertz CT molecular complexity index is 346. The summed E-state index contributed by atoms with van der Waals surface area (Å²) in [6, 6.07) is 0.0288. The van der Waals surface area contributed by atoms with Gasteiger partial charge in [0, 0.05) is 19.7 Å². The van der Waals surface area contributed by atoms with Crippen molar-refractivity contribution in [3.8, 4) is 0 Å². The first-order chi connectivity index (χ1) is 7.27. The SMILES string of the molecule is C[n+]1ccn(C(=O)N2CCCOCC2)c1.[I-]. The maximum Gasteiger partial charge on any atom is 0.415 e. The summed E-state index contributed by atoms with van der Waals surface area (Å²) >= 11 is 0. The number of rotatable bonds is 0. The van der Waals surface area contributed by atoms with Gasteiger partial charge in [-0.2, -0.15) is 4.57 Å². The Morgan fingerprint density at radius 1 is 1.38 bits per heavy atom. The van der Waals surface area contributed by atoms with Gasteiger partial charge in [0.15, 0.2) is 0 Å². The number of hydrogen-bond donors (Lipinski definition) is 0. The quantitative estimate of drug-likeness (QED) is 0.374. The molecule has 6 heteroatoms. The molecule has 1 amide bonds. The first kappa shape index (κ1) is 13.4. The fourth-order valence-corrected chi connectivity index (χ4v) is 1.66. The lowest BCUT2D eigenvalue weighted by atomic mass is 10.4. The van der Waals surface area contributed by atoms with E-state index in [1.54, 1.807) is 17.1 Å². The van der Waals surface area contributed by atoms with Crippen LogP contribution in [0.3, 0.4) is 0 Å². The van der Waals surface area contributed by atoms with Gasteiger partial charge in [-0.05, 0) is 6.42 Å². The van der Waals surface area contributed by atoms with Gasteiger partial charge < -0.3 is 33.6 Å². The molecule has 1 aliphatic rings. The summed E-state index contributed by atoms with van der Waals surface area (Å²) in [7, 11) is 1.90. The van der Waals surface area contributed by atoms with Gasteiger partial charge >= 0.3 is 6.03 Å². The standard InChI is InChI=1S/C10H16N3O2.HI/c1-11-4-5-13(9-11)10(14)12-3-2-7-15-8-6-12;/h4-5,9H,2-3,6-8H2,1H3;1H/q+1;/p-1. The van der Waals surface area contributed by atoms with Crippen LogP contribution in [0.4, 0.5) is 4.79 Å². The molecule has 0 atom stereocenters. The molecule has 1 fully saturated rings. The second-order valence-electron chi connectivity index (χ2n) is 3.72. The third-order valence-corrected chi connectivity index (χ3v) is 2.48. The highest BCUT2D eigenvalue weighted by molar-refractivity contribution is 5.76. The van der Waals surface area contributed by atoms with Gasteiger partial charge in [0.2, 0.25) is 0 Å². The van der Waals surface area contributed by atoms with E-state index >= 15 is 0 Å². The second-order valence-corrected chi connectivity index (χ2v) is 3.72. The molecule has 1 saturated heterocycles. The number of aromatic nitrogens is 2. The normalized spacial score (nSPS) is 16.4. The third kappa shape index (κ3) is 3.18. The summed E-state index contributed by atoms with van der Waals surface area (Å²) in [5.74, 6) is 0. The van der Waals surface area contributed by atoms with Crippen LogP contribution in [0.2, 0.25) is 0 Å². The number of carbonyl (C=O) groups is 1. The summed E-state index contributed by atoms with van der Waals surface area (Å²) in [6.45, 7) is 2.85. The molecule has 0 aliphatic carbocycles. The van der Waals surface area contributed by atoms with Crippen molar-refractivity contribution >= 4 is 6.03 Å². The van der Waals surface area contributed by atoms with Crippen molar-refractivity contribution in [1.29, 1.82) is 0 Å². The molecule has 0 bridgehead atoms. The molecule has 1 aliphatic heterocycles. The fraction of sp³-hybridized carbons (Fsp3) is 0.600. The molecule has 0 unspecified atom stereocenters. The minimum Gasteiger partial charge on any atom is -1.00 e. The number of carbonyl (C=O) groups excluding carboxylic acids is 1. The van der Waals surface area contributed by atoms with Crippen molar-refractivity contribution in [2.24, 2.45) is 7.05 Å². The Morgan fingerprint density at radius 2 is 2.19 bits per heavy atom.